The highest BCUT2D eigenvalue weighted by Crippen LogP contribution is 2.49. The summed E-state index contributed by atoms with van der Waals surface area (Å²) in [6.45, 7) is 1.16. The van der Waals surface area contributed by atoms with Crippen LogP contribution in [0.25, 0.3) is 0 Å². The van der Waals surface area contributed by atoms with Gasteiger partial charge in [0.05, 0.1) is 0 Å². The third-order valence-electron chi connectivity index (χ3n) is 3.73. The summed E-state index contributed by atoms with van der Waals surface area (Å²) in [5.74, 6) is -1.03. The van der Waals surface area contributed by atoms with Gasteiger partial charge in [0.15, 0.2) is 4.75 Å². The first-order valence-electron chi connectivity index (χ1n) is 5.70. The first kappa shape index (κ1) is 14.8. The molecule has 0 bridgehead atoms. The van der Waals surface area contributed by atoms with Crippen molar-refractivity contribution < 1.29 is 26.1 Å². The number of hydrogen-bond acceptors (Lipinski definition) is 2. The molecule has 1 N–H and O–H groups in total. The van der Waals surface area contributed by atoms with Crippen LogP contribution in [0.3, 0.4) is 0 Å². The Balaban J connectivity index is 3.26. The van der Waals surface area contributed by atoms with Crippen molar-refractivity contribution in [3.05, 3.63) is 0 Å². The van der Waals surface area contributed by atoms with Gasteiger partial charge in [-0.2, -0.15) is 21.6 Å². The summed E-state index contributed by atoms with van der Waals surface area (Å²) >= 11 is 0. The highest BCUT2D eigenvalue weighted by atomic mass is 32.2. The number of alkyl halides is 3. The molecule has 1 aliphatic carbocycles. The van der Waals surface area contributed by atoms with E-state index in [9.17, 15) is 21.6 Å². The minimum absolute atomic E-state index is 0.202. The van der Waals surface area contributed by atoms with Gasteiger partial charge in [-0.3, -0.25) is 4.55 Å². The minimum Gasteiger partial charge on any atom is -0.285 e. The Kier molecular flexibility index (Phi) is 4.13. The molecule has 102 valence electrons. The summed E-state index contributed by atoms with van der Waals surface area (Å²) < 4.78 is 68.0. The highest BCUT2D eigenvalue weighted by Gasteiger charge is 2.66. The highest BCUT2D eigenvalue weighted by molar-refractivity contribution is 7.87. The van der Waals surface area contributed by atoms with Crippen molar-refractivity contribution in [2.75, 3.05) is 0 Å². The van der Waals surface area contributed by atoms with E-state index in [-0.39, 0.29) is 12.8 Å². The normalized spacial score (nSPS) is 23.4. The minimum atomic E-state index is -5.16. The summed E-state index contributed by atoms with van der Waals surface area (Å²) in [5.41, 5.74) is 0. The zero-order valence-electron chi connectivity index (χ0n) is 9.63. The standard InChI is InChI=1S/C10H17F3O3S/c1-2-9(10(11,12)13,17(14,15)16)8-6-4-3-5-7-8/h8H,2-7H2,1H3,(H,14,15,16). The fourth-order valence-electron chi connectivity index (χ4n) is 2.83. The van der Waals surface area contributed by atoms with E-state index in [0.717, 1.165) is 13.3 Å². The van der Waals surface area contributed by atoms with Crippen LogP contribution < -0.4 is 0 Å². The smallest absolute Gasteiger partial charge is 0.285 e. The van der Waals surface area contributed by atoms with Gasteiger partial charge in [-0.15, -0.1) is 0 Å². The van der Waals surface area contributed by atoms with Crippen LogP contribution in [0.2, 0.25) is 0 Å². The fourth-order valence-corrected chi connectivity index (χ4v) is 4.14. The van der Waals surface area contributed by atoms with Crippen molar-refractivity contribution in [3.63, 3.8) is 0 Å². The summed E-state index contributed by atoms with van der Waals surface area (Å²) in [7, 11) is -5.16. The molecule has 0 heterocycles. The Morgan fingerprint density at radius 3 is 1.94 bits per heavy atom. The molecule has 0 aromatic carbocycles. The molecule has 1 saturated carbocycles. The summed E-state index contributed by atoms with van der Waals surface area (Å²) in [6, 6.07) is 0. The van der Waals surface area contributed by atoms with Crippen LogP contribution in [0.15, 0.2) is 0 Å². The van der Waals surface area contributed by atoms with Crippen molar-refractivity contribution in [1.82, 2.24) is 0 Å². The lowest BCUT2D eigenvalue weighted by molar-refractivity contribution is -0.179. The topological polar surface area (TPSA) is 54.4 Å². The Labute approximate surface area is 99.1 Å². The van der Waals surface area contributed by atoms with E-state index in [0.29, 0.717) is 12.8 Å². The quantitative estimate of drug-likeness (QED) is 0.804. The van der Waals surface area contributed by atoms with Crippen molar-refractivity contribution in [3.8, 4) is 0 Å². The molecule has 1 fully saturated rings. The van der Waals surface area contributed by atoms with E-state index in [1.165, 1.54) is 0 Å². The monoisotopic (exact) mass is 274 g/mol. The molecule has 7 heteroatoms. The van der Waals surface area contributed by atoms with Gasteiger partial charge in [0.25, 0.3) is 10.1 Å². The van der Waals surface area contributed by atoms with Crippen molar-refractivity contribution in [2.45, 2.75) is 56.4 Å². The number of hydrogen-bond donors (Lipinski definition) is 1. The zero-order chi connectivity index (χ0) is 13.3. The van der Waals surface area contributed by atoms with E-state index in [1.807, 2.05) is 0 Å². The SMILES string of the molecule is CCC(C1CCCCC1)(C(F)(F)F)S(=O)(=O)O. The van der Waals surface area contributed by atoms with E-state index < -0.39 is 33.4 Å². The molecule has 0 aliphatic heterocycles. The Bertz CT molecular complexity index is 357. The van der Waals surface area contributed by atoms with Crippen LogP contribution in [-0.2, 0) is 10.1 Å². The van der Waals surface area contributed by atoms with Crippen LogP contribution in [0.1, 0.15) is 45.4 Å². The van der Waals surface area contributed by atoms with Gasteiger partial charge < -0.3 is 0 Å². The zero-order valence-corrected chi connectivity index (χ0v) is 10.4. The average molecular weight is 274 g/mol. The first-order valence-corrected chi connectivity index (χ1v) is 7.14. The lowest BCUT2D eigenvalue weighted by Crippen LogP contribution is -2.57. The molecule has 0 saturated heterocycles. The second-order valence-electron chi connectivity index (χ2n) is 4.55. The van der Waals surface area contributed by atoms with Gasteiger partial charge in [0.2, 0.25) is 0 Å². The van der Waals surface area contributed by atoms with Gasteiger partial charge in [-0.05, 0) is 25.2 Å². The van der Waals surface area contributed by atoms with E-state index in [1.54, 1.807) is 0 Å². The summed E-state index contributed by atoms with van der Waals surface area (Å²) in [5, 5.41) is 0. The van der Waals surface area contributed by atoms with Crippen molar-refractivity contribution in [2.24, 2.45) is 5.92 Å². The maximum Gasteiger partial charge on any atom is 0.410 e. The predicted octanol–water partition coefficient (Wildman–Crippen LogP) is 3.17. The molecule has 0 aromatic heterocycles. The molecule has 1 unspecified atom stereocenters. The molecule has 1 rings (SSSR count). The summed E-state index contributed by atoms with van der Waals surface area (Å²) in [6.07, 6.45) is -3.19. The van der Waals surface area contributed by atoms with Gasteiger partial charge >= 0.3 is 6.18 Å². The molecule has 0 radical (unpaired) electrons. The third kappa shape index (κ3) is 2.45. The maximum atomic E-state index is 13.1. The molecule has 1 aliphatic rings. The van der Waals surface area contributed by atoms with Gasteiger partial charge in [-0.1, -0.05) is 26.2 Å². The fraction of sp³-hybridized carbons (Fsp3) is 1.00. The Morgan fingerprint density at radius 1 is 1.18 bits per heavy atom. The first-order chi connectivity index (χ1) is 7.67. The molecular formula is C10H17F3O3S. The third-order valence-corrected chi connectivity index (χ3v) is 5.50. The van der Waals surface area contributed by atoms with Crippen LogP contribution in [0.4, 0.5) is 13.2 Å². The van der Waals surface area contributed by atoms with Crippen LogP contribution in [-0.4, -0.2) is 23.9 Å². The van der Waals surface area contributed by atoms with Gasteiger partial charge in [-0.25, -0.2) is 0 Å². The van der Waals surface area contributed by atoms with Crippen molar-refractivity contribution in [1.29, 1.82) is 0 Å². The van der Waals surface area contributed by atoms with Crippen LogP contribution >= 0.6 is 0 Å². The average Bonchev–Trinajstić information content (AvgIpc) is 2.16. The molecule has 0 aromatic rings. The molecular weight excluding hydrogens is 257 g/mol. The largest absolute Gasteiger partial charge is 0.410 e. The van der Waals surface area contributed by atoms with Gasteiger partial charge in [0, 0.05) is 0 Å². The lowest BCUT2D eigenvalue weighted by Gasteiger charge is -2.40. The van der Waals surface area contributed by atoms with Crippen molar-refractivity contribution >= 4 is 10.1 Å². The summed E-state index contributed by atoms with van der Waals surface area (Å²) in [4.78, 5) is 0. The number of rotatable bonds is 3. The van der Waals surface area contributed by atoms with Crippen LogP contribution in [0, 0.1) is 5.92 Å². The number of halogens is 3. The molecule has 0 spiro atoms. The van der Waals surface area contributed by atoms with E-state index in [2.05, 4.69) is 0 Å². The Hall–Kier alpha value is -0.300. The van der Waals surface area contributed by atoms with Gasteiger partial charge in [0.1, 0.15) is 0 Å². The lowest BCUT2D eigenvalue weighted by atomic mass is 9.77. The van der Waals surface area contributed by atoms with E-state index >= 15 is 0 Å². The maximum absolute atomic E-state index is 13.1. The second-order valence-corrected chi connectivity index (χ2v) is 6.23. The molecule has 17 heavy (non-hydrogen) atoms. The molecule has 1 atom stereocenters. The second kappa shape index (κ2) is 4.76. The molecule has 3 nitrogen and oxygen atoms in total. The predicted molar refractivity (Wildman–Crippen MR) is 57.2 cm³/mol. The Morgan fingerprint density at radius 2 is 1.65 bits per heavy atom. The van der Waals surface area contributed by atoms with E-state index in [4.69, 9.17) is 4.55 Å². The van der Waals surface area contributed by atoms with Crippen LogP contribution in [0.5, 0.6) is 0 Å². The molecule has 0 amide bonds.